The number of alkyl halides is 1. The SMILES string of the molecule is C[C@@H]1CN(CC(=O)Nc2ccc3c(c2)Cc2cccc(-c4cc(=O)cc(N5CCOCC5)o4)c2S3)C[C@H](C)O1.C[C@@H]1CNC[C@H](C)O1.Nc1ccc2c(c1)Cc1cccc(-c3cc(=O)cc(N4CCOCC4)o3)c1S2.O=C(Cl)CCl. The van der Waals surface area contributed by atoms with Crippen LogP contribution in [0.15, 0.2) is 135 Å². The third kappa shape index (κ3) is 15.9. The average molecular weight is 1170 g/mol. The van der Waals surface area contributed by atoms with Crippen LogP contribution >= 0.6 is 46.7 Å². The second-order valence-electron chi connectivity index (χ2n) is 20.4. The third-order valence-electron chi connectivity index (χ3n) is 13.8. The lowest BCUT2D eigenvalue weighted by molar-refractivity contribution is -0.121. The monoisotopic (exact) mass is 1170 g/mol. The van der Waals surface area contributed by atoms with Crippen molar-refractivity contribution in [3.8, 4) is 22.6 Å². The van der Waals surface area contributed by atoms with Crippen molar-refractivity contribution in [2.75, 3.05) is 112 Å². The average Bonchev–Trinajstić information content (AvgIpc) is 3.62. The fourth-order valence-electron chi connectivity index (χ4n) is 10.3. The van der Waals surface area contributed by atoms with E-state index in [1.807, 2.05) is 56.3 Å². The van der Waals surface area contributed by atoms with E-state index in [0.717, 1.165) is 89.3 Å². The Morgan fingerprint density at radius 3 is 1.59 bits per heavy atom. The molecule has 6 aliphatic heterocycles. The summed E-state index contributed by atoms with van der Waals surface area (Å²) in [5.41, 5.74) is 14.1. The molecule has 0 unspecified atom stereocenters. The Hall–Kier alpha value is -5.64. The first-order chi connectivity index (χ1) is 38.6. The van der Waals surface area contributed by atoms with Crippen molar-refractivity contribution in [1.29, 1.82) is 0 Å². The maximum absolute atomic E-state index is 12.8. The van der Waals surface area contributed by atoms with Gasteiger partial charge in [-0.1, -0.05) is 59.9 Å². The summed E-state index contributed by atoms with van der Waals surface area (Å²) in [6.45, 7) is 17.5. The van der Waals surface area contributed by atoms with E-state index < -0.39 is 5.24 Å². The van der Waals surface area contributed by atoms with Gasteiger partial charge in [-0.3, -0.25) is 24.1 Å². The van der Waals surface area contributed by atoms with Crippen LogP contribution in [0.4, 0.5) is 23.1 Å². The summed E-state index contributed by atoms with van der Waals surface area (Å²) in [6, 6.07) is 30.7. The zero-order chi connectivity index (χ0) is 56.3. The van der Waals surface area contributed by atoms with E-state index in [1.165, 1.54) is 27.1 Å². The highest BCUT2D eigenvalue weighted by Crippen LogP contribution is 2.47. The number of nitrogen functional groups attached to an aromatic ring is 1. The molecule has 0 saturated carbocycles. The largest absolute Gasteiger partial charge is 0.440 e. The summed E-state index contributed by atoms with van der Waals surface area (Å²) in [7, 11) is 0. The van der Waals surface area contributed by atoms with E-state index in [4.69, 9.17) is 56.7 Å². The number of amides is 1. The Balaban J connectivity index is 0.000000163. The molecule has 4 fully saturated rings. The predicted octanol–water partition coefficient (Wildman–Crippen LogP) is 9.40. The van der Waals surface area contributed by atoms with E-state index >= 15 is 0 Å². The summed E-state index contributed by atoms with van der Waals surface area (Å²) >= 11 is 12.9. The number of hydrogen-bond acceptors (Lipinski definition) is 17. The normalized spacial score (nSPS) is 20.3. The molecule has 80 heavy (non-hydrogen) atoms. The number of hydrogen-bond donors (Lipinski definition) is 3. The zero-order valence-electron chi connectivity index (χ0n) is 45.4. The van der Waals surface area contributed by atoms with Gasteiger partial charge in [0.1, 0.15) is 11.5 Å². The quantitative estimate of drug-likeness (QED) is 0.0740. The fraction of sp³-hybridized carbons (Fsp3) is 0.400. The van der Waals surface area contributed by atoms with Crippen LogP contribution in [0.2, 0.25) is 0 Å². The van der Waals surface area contributed by atoms with Gasteiger partial charge in [-0.2, -0.15) is 0 Å². The summed E-state index contributed by atoms with van der Waals surface area (Å²) in [5.74, 6) is 2.27. The molecule has 0 radical (unpaired) electrons. The van der Waals surface area contributed by atoms with Crippen molar-refractivity contribution in [3.05, 3.63) is 140 Å². The minimum Gasteiger partial charge on any atom is -0.440 e. The van der Waals surface area contributed by atoms with Crippen molar-refractivity contribution in [1.82, 2.24) is 10.2 Å². The molecule has 0 bridgehead atoms. The minimum absolute atomic E-state index is 0.0161. The molecule has 1 amide bonds. The number of morpholine rings is 4. The summed E-state index contributed by atoms with van der Waals surface area (Å²) in [5, 5.41) is 5.83. The molecule has 6 aliphatic rings. The molecule has 4 aromatic carbocycles. The molecule has 0 spiro atoms. The van der Waals surface area contributed by atoms with Gasteiger partial charge in [0.2, 0.25) is 11.1 Å². The molecule has 4 saturated heterocycles. The number of halogens is 2. The Morgan fingerprint density at radius 1 is 0.637 bits per heavy atom. The third-order valence-corrected chi connectivity index (χ3v) is 16.9. The van der Waals surface area contributed by atoms with Gasteiger partial charge in [-0.15, -0.1) is 11.6 Å². The number of rotatable bonds is 8. The van der Waals surface area contributed by atoms with Crippen LogP contribution in [0.25, 0.3) is 22.6 Å². The Bertz CT molecular complexity index is 3240. The molecule has 20 heteroatoms. The molecular weight excluding hydrogens is 1100 g/mol. The first kappa shape index (κ1) is 59.0. The van der Waals surface area contributed by atoms with Gasteiger partial charge < -0.3 is 53.9 Å². The van der Waals surface area contributed by atoms with Crippen molar-refractivity contribution >= 4 is 81.0 Å². The standard InChI is InChI=1S/C30H33N3O5S.C22H20N2O3S.C6H13NO.C2H2Cl2O/c1-19-16-32(17-20(2)37-19)18-28(35)31-23-6-7-27-22(13-23)12-21-4-3-5-25(30(21)39-27)26-14-24(34)15-29(38-26)33-8-10-36-11-9-33;23-16-4-5-20-15(11-16)10-14-2-1-3-18(22(14)28-20)19-12-17(25)13-21(27-19)24-6-8-26-9-7-24;1-5-3-7-4-6(2)8-5;3-1-2(4)5/h3-7,13-15,19-20H,8-12,16-18H2,1-2H3,(H,31,35);1-5,11-13H,6-10,23H2;5-7H,3-4H2,1-2H3;1H2/t19-,20+;;5-,6+;. The predicted molar refractivity (Wildman–Crippen MR) is 318 cm³/mol. The molecule has 16 nitrogen and oxygen atoms in total. The molecule has 4 N–H and O–H groups in total. The zero-order valence-corrected chi connectivity index (χ0v) is 48.6. The highest BCUT2D eigenvalue weighted by Gasteiger charge is 2.27. The summed E-state index contributed by atoms with van der Waals surface area (Å²) in [4.78, 5) is 58.1. The van der Waals surface area contributed by atoms with E-state index in [-0.39, 0.29) is 34.9 Å². The van der Waals surface area contributed by atoms with Crippen LogP contribution in [0, 0.1) is 0 Å². The lowest BCUT2D eigenvalue weighted by atomic mass is 10.00. The molecule has 424 valence electrons. The molecule has 6 aromatic rings. The smallest absolute Gasteiger partial charge is 0.238 e. The van der Waals surface area contributed by atoms with E-state index in [0.29, 0.717) is 81.6 Å². The topological polar surface area (TPSA) is 191 Å². The fourth-order valence-corrected chi connectivity index (χ4v) is 12.6. The van der Waals surface area contributed by atoms with Crippen LogP contribution in [0.3, 0.4) is 0 Å². The van der Waals surface area contributed by atoms with Crippen molar-refractivity contribution in [2.24, 2.45) is 0 Å². The number of nitrogens with one attached hydrogen (secondary N) is 2. The van der Waals surface area contributed by atoms with Crippen LogP contribution < -0.4 is 37.0 Å². The second kappa shape index (κ2) is 27.9. The maximum Gasteiger partial charge on any atom is 0.238 e. The van der Waals surface area contributed by atoms with Crippen molar-refractivity contribution in [2.45, 2.75) is 84.5 Å². The number of ether oxygens (including phenoxy) is 4. The Labute approximate surface area is 484 Å². The minimum atomic E-state index is -0.508. The summed E-state index contributed by atoms with van der Waals surface area (Å²) in [6.07, 6.45) is 2.62. The number of fused-ring (bicyclic) bond motifs is 4. The molecule has 8 heterocycles. The highest BCUT2D eigenvalue weighted by atomic mass is 35.5. The molecule has 4 atom stereocenters. The molecule has 12 rings (SSSR count). The first-order valence-corrected chi connectivity index (χ1v) is 29.5. The van der Waals surface area contributed by atoms with E-state index in [1.54, 1.807) is 47.8 Å². The maximum atomic E-state index is 12.8. The van der Waals surface area contributed by atoms with Gasteiger partial charge in [0.25, 0.3) is 0 Å². The Kier molecular flexibility index (Phi) is 20.6. The van der Waals surface area contributed by atoms with Crippen LogP contribution in [0.1, 0.15) is 49.9 Å². The van der Waals surface area contributed by atoms with Crippen LogP contribution in [0.5, 0.6) is 0 Å². The lowest BCUT2D eigenvalue weighted by Crippen LogP contribution is -2.48. The Morgan fingerprint density at radius 2 is 1.11 bits per heavy atom. The summed E-state index contributed by atoms with van der Waals surface area (Å²) < 4.78 is 34.5. The number of carbonyl (C=O) groups is 2. The van der Waals surface area contributed by atoms with Gasteiger partial charge in [-0.05, 0) is 111 Å². The van der Waals surface area contributed by atoms with Gasteiger partial charge in [0.15, 0.2) is 22.6 Å². The number of benzene rings is 4. The number of nitrogens with two attached hydrogens (primary N) is 1. The second-order valence-corrected chi connectivity index (χ2v) is 23.2. The molecule has 2 aromatic heterocycles. The first-order valence-electron chi connectivity index (χ1n) is 27.0. The van der Waals surface area contributed by atoms with Crippen molar-refractivity contribution < 1.29 is 37.4 Å². The molecular formula is C60H68Cl2N6O10S2. The highest BCUT2D eigenvalue weighted by molar-refractivity contribution is 8.00. The van der Waals surface area contributed by atoms with Crippen LogP contribution in [-0.4, -0.2) is 132 Å². The number of anilines is 4. The van der Waals surface area contributed by atoms with Gasteiger partial charge in [-0.25, -0.2) is 0 Å². The number of nitrogens with zero attached hydrogens (tertiary/aromatic N) is 3. The van der Waals surface area contributed by atoms with Gasteiger partial charge in [0.05, 0.1) is 63.3 Å². The molecule has 0 aliphatic carbocycles. The van der Waals surface area contributed by atoms with Gasteiger partial charge >= 0.3 is 0 Å². The van der Waals surface area contributed by atoms with E-state index in [9.17, 15) is 19.2 Å². The van der Waals surface area contributed by atoms with Crippen LogP contribution in [-0.2, 0) is 41.4 Å². The lowest BCUT2D eigenvalue weighted by Gasteiger charge is -2.34. The van der Waals surface area contributed by atoms with Gasteiger partial charge in [0, 0.05) is 119 Å². The van der Waals surface area contributed by atoms with Crippen molar-refractivity contribution in [3.63, 3.8) is 0 Å². The number of carbonyl (C=O) groups excluding carboxylic acids is 2. The van der Waals surface area contributed by atoms with E-state index in [2.05, 4.69) is 69.5 Å².